The maximum Gasteiger partial charge on any atom is 0.322 e. The first kappa shape index (κ1) is 15.8. The van der Waals surface area contributed by atoms with E-state index in [9.17, 15) is 9.18 Å². The predicted molar refractivity (Wildman–Crippen MR) is 90.3 cm³/mol. The lowest BCUT2D eigenvalue weighted by Gasteiger charge is -2.25. The van der Waals surface area contributed by atoms with E-state index >= 15 is 0 Å². The van der Waals surface area contributed by atoms with E-state index in [0.717, 1.165) is 24.0 Å². The van der Waals surface area contributed by atoms with Crippen LogP contribution in [0.5, 0.6) is 0 Å². The molecular weight excluding hydrogens is 315 g/mol. The summed E-state index contributed by atoms with van der Waals surface area (Å²) in [6.45, 7) is 2.62. The van der Waals surface area contributed by atoms with E-state index < -0.39 is 0 Å². The summed E-state index contributed by atoms with van der Waals surface area (Å²) < 4.78 is 13.1. The number of carbonyl (C=O) groups excluding carboxylic acids is 1. The fraction of sp³-hybridized carbons (Fsp3) is 0.278. The van der Waals surface area contributed by atoms with Crippen LogP contribution >= 0.6 is 11.6 Å². The number of rotatable bonds is 2. The molecule has 0 saturated carbocycles. The summed E-state index contributed by atoms with van der Waals surface area (Å²) in [5.41, 5.74) is 2.60. The van der Waals surface area contributed by atoms with Crippen LogP contribution in [0, 0.1) is 12.7 Å². The highest BCUT2D eigenvalue weighted by atomic mass is 35.5. The highest BCUT2D eigenvalue weighted by Crippen LogP contribution is 2.33. The van der Waals surface area contributed by atoms with Crippen molar-refractivity contribution in [3.8, 4) is 0 Å². The van der Waals surface area contributed by atoms with Gasteiger partial charge in [0.2, 0.25) is 0 Å². The Kier molecular flexibility index (Phi) is 4.53. The van der Waals surface area contributed by atoms with Crippen LogP contribution in [0.4, 0.5) is 14.9 Å². The molecule has 1 aliphatic heterocycles. The van der Waals surface area contributed by atoms with Gasteiger partial charge in [0, 0.05) is 6.54 Å². The van der Waals surface area contributed by atoms with Crippen LogP contribution < -0.4 is 5.32 Å². The first-order chi connectivity index (χ1) is 11.0. The largest absolute Gasteiger partial charge is 0.322 e. The zero-order valence-electron chi connectivity index (χ0n) is 12.9. The number of urea groups is 1. The maximum atomic E-state index is 13.1. The van der Waals surface area contributed by atoms with Crippen molar-refractivity contribution in [2.24, 2.45) is 0 Å². The lowest BCUT2D eigenvalue weighted by molar-refractivity contribution is 0.207. The summed E-state index contributed by atoms with van der Waals surface area (Å²) in [6.07, 6.45) is 1.80. The Bertz CT molecular complexity index is 717. The second kappa shape index (κ2) is 6.59. The minimum absolute atomic E-state index is 0.0279. The van der Waals surface area contributed by atoms with Crippen molar-refractivity contribution in [3.63, 3.8) is 0 Å². The van der Waals surface area contributed by atoms with Crippen LogP contribution in [0.3, 0.4) is 0 Å². The van der Waals surface area contributed by atoms with Crippen molar-refractivity contribution in [2.75, 3.05) is 11.9 Å². The number of hydrogen-bond acceptors (Lipinski definition) is 1. The quantitative estimate of drug-likeness (QED) is 0.809. The number of amides is 2. The van der Waals surface area contributed by atoms with Gasteiger partial charge in [-0.2, -0.15) is 0 Å². The number of anilines is 1. The Labute approximate surface area is 140 Å². The Morgan fingerprint density at radius 3 is 2.70 bits per heavy atom. The maximum absolute atomic E-state index is 13.1. The third kappa shape index (κ3) is 3.48. The van der Waals surface area contributed by atoms with Crippen LogP contribution in [0.1, 0.15) is 30.0 Å². The first-order valence-corrected chi connectivity index (χ1v) is 8.01. The summed E-state index contributed by atoms with van der Waals surface area (Å²) in [4.78, 5) is 14.4. The molecule has 23 heavy (non-hydrogen) atoms. The molecule has 3 rings (SSSR count). The molecule has 2 aromatic carbocycles. The first-order valence-electron chi connectivity index (χ1n) is 7.64. The topological polar surface area (TPSA) is 32.3 Å². The standard InChI is InChI=1S/C18H18ClFN2O/c1-12-4-9-16(15(19)11-12)21-18(23)22-10-2-3-17(22)13-5-7-14(20)8-6-13/h4-9,11,17H,2-3,10H2,1H3,(H,21,23). The number of halogens is 2. The van der Waals surface area contributed by atoms with Gasteiger partial charge in [0.05, 0.1) is 16.8 Å². The van der Waals surface area contributed by atoms with E-state index in [0.29, 0.717) is 17.3 Å². The summed E-state index contributed by atoms with van der Waals surface area (Å²) in [6, 6.07) is 11.7. The SMILES string of the molecule is Cc1ccc(NC(=O)N2CCCC2c2ccc(F)cc2)c(Cl)c1. The van der Waals surface area contributed by atoms with E-state index in [1.165, 1.54) is 12.1 Å². The van der Waals surface area contributed by atoms with Gasteiger partial charge >= 0.3 is 6.03 Å². The minimum atomic E-state index is -0.269. The molecule has 2 aromatic rings. The molecule has 0 radical (unpaired) electrons. The molecule has 2 amide bonds. The highest BCUT2D eigenvalue weighted by Gasteiger charge is 2.30. The number of carbonyl (C=O) groups is 1. The molecule has 1 atom stereocenters. The van der Waals surface area contributed by atoms with Gasteiger partial charge in [0.1, 0.15) is 5.82 Å². The molecule has 5 heteroatoms. The van der Waals surface area contributed by atoms with Gasteiger partial charge < -0.3 is 10.2 Å². The van der Waals surface area contributed by atoms with Crippen molar-refractivity contribution in [2.45, 2.75) is 25.8 Å². The van der Waals surface area contributed by atoms with E-state index in [-0.39, 0.29) is 17.9 Å². The van der Waals surface area contributed by atoms with Gasteiger partial charge in [0.25, 0.3) is 0 Å². The summed E-state index contributed by atoms with van der Waals surface area (Å²) in [7, 11) is 0. The molecule has 1 saturated heterocycles. The average molecular weight is 333 g/mol. The van der Waals surface area contributed by atoms with E-state index in [1.54, 1.807) is 23.1 Å². The molecule has 0 bridgehead atoms. The van der Waals surface area contributed by atoms with Crippen LogP contribution in [0.25, 0.3) is 0 Å². The Balaban J connectivity index is 1.76. The van der Waals surface area contributed by atoms with E-state index in [1.807, 2.05) is 19.1 Å². The normalized spacial score (nSPS) is 17.3. The lowest BCUT2D eigenvalue weighted by atomic mass is 10.0. The zero-order valence-corrected chi connectivity index (χ0v) is 13.6. The fourth-order valence-electron chi connectivity index (χ4n) is 2.95. The third-order valence-corrected chi connectivity index (χ3v) is 4.45. The zero-order chi connectivity index (χ0) is 16.4. The van der Waals surface area contributed by atoms with Crippen LogP contribution in [0.2, 0.25) is 5.02 Å². The lowest BCUT2D eigenvalue weighted by Crippen LogP contribution is -2.34. The minimum Gasteiger partial charge on any atom is -0.317 e. The summed E-state index contributed by atoms with van der Waals surface area (Å²) in [5, 5.41) is 3.40. The van der Waals surface area contributed by atoms with Crippen LogP contribution in [0.15, 0.2) is 42.5 Å². The monoisotopic (exact) mass is 332 g/mol. The molecule has 0 aromatic heterocycles. The predicted octanol–water partition coefficient (Wildman–Crippen LogP) is 5.16. The Hall–Kier alpha value is -2.07. The molecule has 0 spiro atoms. The van der Waals surface area contributed by atoms with Crippen molar-refractivity contribution in [1.82, 2.24) is 4.90 Å². The molecule has 0 aliphatic carbocycles. The second-order valence-electron chi connectivity index (χ2n) is 5.82. The molecule has 3 nitrogen and oxygen atoms in total. The number of aryl methyl sites for hydroxylation is 1. The van der Waals surface area contributed by atoms with Gasteiger partial charge in [-0.15, -0.1) is 0 Å². The molecule has 1 heterocycles. The van der Waals surface area contributed by atoms with Gasteiger partial charge in [-0.25, -0.2) is 9.18 Å². The summed E-state index contributed by atoms with van der Waals surface area (Å²) >= 11 is 6.18. The number of nitrogens with one attached hydrogen (secondary N) is 1. The van der Waals surface area contributed by atoms with Gasteiger partial charge in [-0.05, 0) is 55.2 Å². The second-order valence-corrected chi connectivity index (χ2v) is 6.22. The van der Waals surface area contributed by atoms with Gasteiger partial charge in [-0.1, -0.05) is 29.8 Å². The molecule has 1 fully saturated rings. The van der Waals surface area contributed by atoms with Crippen molar-refractivity contribution >= 4 is 23.3 Å². The average Bonchev–Trinajstić information content (AvgIpc) is 3.00. The summed E-state index contributed by atoms with van der Waals surface area (Å²) in [5.74, 6) is -0.269. The molecular formula is C18H18ClFN2O. The number of nitrogens with zero attached hydrogens (tertiary/aromatic N) is 1. The molecule has 1 N–H and O–H groups in total. The Morgan fingerprint density at radius 1 is 1.26 bits per heavy atom. The van der Waals surface area contributed by atoms with E-state index in [2.05, 4.69) is 5.32 Å². The molecule has 120 valence electrons. The van der Waals surface area contributed by atoms with Crippen molar-refractivity contribution in [3.05, 3.63) is 64.4 Å². The van der Waals surface area contributed by atoms with Crippen LogP contribution in [-0.4, -0.2) is 17.5 Å². The number of benzene rings is 2. The highest BCUT2D eigenvalue weighted by molar-refractivity contribution is 6.33. The van der Waals surface area contributed by atoms with Crippen LogP contribution in [-0.2, 0) is 0 Å². The van der Waals surface area contributed by atoms with E-state index in [4.69, 9.17) is 11.6 Å². The van der Waals surface area contributed by atoms with Crippen molar-refractivity contribution in [1.29, 1.82) is 0 Å². The Morgan fingerprint density at radius 2 is 2.00 bits per heavy atom. The van der Waals surface area contributed by atoms with Gasteiger partial charge in [-0.3, -0.25) is 0 Å². The smallest absolute Gasteiger partial charge is 0.317 e. The van der Waals surface area contributed by atoms with Crippen molar-refractivity contribution < 1.29 is 9.18 Å². The third-order valence-electron chi connectivity index (χ3n) is 4.13. The number of hydrogen-bond donors (Lipinski definition) is 1. The number of likely N-dealkylation sites (tertiary alicyclic amines) is 1. The molecule has 1 unspecified atom stereocenters. The van der Waals surface area contributed by atoms with Gasteiger partial charge in [0.15, 0.2) is 0 Å². The molecule has 1 aliphatic rings. The fourth-order valence-corrected chi connectivity index (χ4v) is 3.23.